The van der Waals surface area contributed by atoms with Crippen molar-refractivity contribution in [2.75, 3.05) is 18.2 Å². The molecule has 0 saturated carbocycles. The lowest BCUT2D eigenvalue weighted by molar-refractivity contribution is -0.116. The van der Waals surface area contributed by atoms with Crippen LogP contribution in [0.25, 0.3) is 0 Å². The van der Waals surface area contributed by atoms with Crippen LogP contribution in [0.3, 0.4) is 0 Å². The molecule has 0 saturated heterocycles. The topological polar surface area (TPSA) is 86.1 Å². The van der Waals surface area contributed by atoms with E-state index in [1.807, 2.05) is 7.05 Å². The maximum Gasteiger partial charge on any atom is 0.224 e. The molecule has 0 fully saturated rings. The van der Waals surface area contributed by atoms with Gasteiger partial charge in [-0.05, 0) is 42.5 Å². The molecule has 0 aliphatic rings. The number of methoxy groups -OCH3 is 1. The molecule has 0 bridgehead atoms. The number of hydrogen-bond acceptors (Lipinski definition) is 6. The van der Waals surface area contributed by atoms with E-state index in [1.54, 1.807) is 60.2 Å². The number of nitrogens with one attached hydrogen (secondary N) is 1. The number of ketones is 1. The van der Waals surface area contributed by atoms with Gasteiger partial charge in [0.2, 0.25) is 5.91 Å². The summed E-state index contributed by atoms with van der Waals surface area (Å²) in [6, 6.07) is 14.0. The van der Waals surface area contributed by atoms with E-state index < -0.39 is 0 Å². The molecule has 1 amide bonds. The normalized spacial score (nSPS) is 10.6. The van der Waals surface area contributed by atoms with Crippen molar-refractivity contribution in [3.8, 4) is 5.75 Å². The smallest absolute Gasteiger partial charge is 0.224 e. The number of anilines is 1. The fraction of sp³-hybridized carbons (Fsp3) is 0.238. The van der Waals surface area contributed by atoms with Gasteiger partial charge in [0.25, 0.3) is 0 Å². The van der Waals surface area contributed by atoms with Crippen LogP contribution in [0.1, 0.15) is 22.6 Å². The van der Waals surface area contributed by atoms with E-state index in [-0.39, 0.29) is 23.9 Å². The summed E-state index contributed by atoms with van der Waals surface area (Å²) in [6.07, 6.45) is 0.691. The van der Waals surface area contributed by atoms with E-state index in [9.17, 15) is 9.59 Å². The molecule has 1 aromatic heterocycles. The summed E-state index contributed by atoms with van der Waals surface area (Å²) in [5.74, 6) is 1.48. The number of thioether (sulfide) groups is 1. The number of benzene rings is 2. The maximum absolute atomic E-state index is 12.4. The Labute approximate surface area is 183 Å². The monoisotopic (exact) mass is 444 g/mol. The predicted molar refractivity (Wildman–Crippen MR) is 117 cm³/mol. The van der Waals surface area contributed by atoms with E-state index in [2.05, 4.69) is 15.5 Å². The molecule has 2 aromatic carbocycles. The Hall–Kier alpha value is -2.84. The molecule has 0 radical (unpaired) electrons. The highest BCUT2D eigenvalue weighted by Crippen LogP contribution is 2.20. The number of halogens is 1. The number of carbonyl (C=O) groups excluding carboxylic acids is 2. The number of Topliss-reactive ketones (excluding diaryl/α,β-unsaturated/α-hetero) is 1. The van der Waals surface area contributed by atoms with Crippen molar-refractivity contribution in [3.05, 3.63) is 64.9 Å². The Balaban J connectivity index is 1.51. The highest BCUT2D eigenvalue weighted by atomic mass is 35.5. The van der Waals surface area contributed by atoms with Crippen molar-refractivity contribution in [1.82, 2.24) is 14.8 Å². The largest absolute Gasteiger partial charge is 0.497 e. The lowest BCUT2D eigenvalue weighted by Gasteiger charge is -2.06. The van der Waals surface area contributed by atoms with Gasteiger partial charge in [0, 0.05) is 36.2 Å². The van der Waals surface area contributed by atoms with Gasteiger partial charge < -0.3 is 14.6 Å². The van der Waals surface area contributed by atoms with Gasteiger partial charge >= 0.3 is 0 Å². The molecule has 1 N–H and O–H groups in total. The fourth-order valence-electron chi connectivity index (χ4n) is 2.69. The standard InChI is InChI=1S/C21H21ClN4O3S/c1-26-19(10-11-20(28)23-16-5-3-4-15(22)12-16)24-25-21(26)30-13-18(27)14-6-8-17(29-2)9-7-14/h3-9,12H,10-11,13H2,1-2H3,(H,23,28). The SMILES string of the molecule is COc1ccc(C(=O)CSc2nnc(CCC(=O)Nc3cccc(Cl)c3)n2C)cc1. The number of nitrogens with zero attached hydrogens (tertiary/aromatic N) is 3. The van der Waals surface area contributed by atoms with Gasteiger partial charge in [0.1, 0.15) is 11.6 Å². The first kappa shape index (κ1) is 21.9. The van der Waals surface area contributed by atoms with Crippen LogP contribution in [0.5, 0.6) is 5.75 Å². The van der Waals surface area contributed by atoms with Gasteiger partial charge in [-0.25, -0.2) is 0 Å². The van der Waals surface area contributed by atoms with Crippen LogP contribution in [0, 0.1) is 0 Å². The van der Waals surface area contributed by atoms with Crippen molar-refractivity contribution in [2.45, 2.75) is 18.0 Å². The second-order valence-electron chi connectivity index (χ2n) is 6.46. The van der Waals surface area contributed by atoms with Gasteiger partial charge in [0.05, 0.1) is 12.9 Å². The summed E-state index contributed by atoms with van der Waals surface area (Å²) >= 11 is 7.24. The summed E-state index contributed by atoms with van der Waals surface area (Å²) in [6.45, 7) is 0. The number of amides is 1. The first-order valence-electron chi connectivity index (χ1n) is 9.20. The average molecular weight is 445 g/mol. The van der Waals surface area contributed by atoms with Crippen molar-refractivity contribution in [2.24, 2.45) is 7.05 Å². The minimum atomic E-state index is -0.135. The van der Waals surface area contributed by atoms with Crippen LogP contribution >= 0.6 is 23.4 Å². The third-order valence-electron chi connectivity index (χ3n) is 4.35. The Morgan fingerprint density at radius 3 is 2.63 bits per heavy atom. The van der Waals surface area contributed by atoms with Crippen LogP contribution < -0.4 is 10.1 Å². The van der Waals surface area contributed by atoms with Crippen molar-refractivity contribution in [1.29, 1.82) is 0 Å². The second-order valence-corrected chi connectivity index (χ2v) is 7.84. The van der Waals surface area contributed by atoms with Gasteiger partial charge in [-0.15, -0.1) is 10.2 Å². The number of ether oxygens (including phenoxy) is 1. The molecule has 7 nitrogen and oxygen atoms in total. The van der Waals surface area contributed by atoms with Crippen molar-refractivity contribution in [3.63, 3.8) is 0 Å². The van der Waals surface area contributed by atoms with Gasteiger partial charge in [-0.3, -0.25) is 9.59 Å². The Bertz CT molecular complexity index is 1040. The molecule has 0 spiro atoms. The van der Waals surface area contributed by atoms with E-state index >= 15 is 0 Å². The zero-order valence-electron chi connectivity index (χ0n) is 16.6. The van der Waals surface area contributed by atoms with E-state index in [4.69, 9.17) is 16.3 Å². The van der Waals surface area contributed by atoms with Crippen LogP contribution in [0.4, 0.5) is 5.69 Å². The summed E-state index contributed by atoms with van der Waals surface area (Å²) < 4.78 is 6.91. The quantitative estimate of drug-likeness (QED) is 0.396. The number of rotatable bonds is 9. The molecule has 9 heteroatoms. The van der Waals surface area contributed by atoms with Gasteiger partial charge in [0.15, 0.2) is 10.9 Å². The maximum atomic E-state index is 12.4. The minimum absolute atomic E-state index is 0.00639. The third-order valence-corrected chi connectivity index (χ3v) is 5.61. The van der Waals surface area contributed by atoms with E-state index in [0.717, 1.165) is 0 Å². The number of hydrogen-bond donors (Lipinski definition) is 1. The fourth-order valence-corrected chi connectivity index (χ4v) is 3.71. The molecule has 3 rings (SSSR count). The van der Waals surface area contributed by atoms with Crippen LogP contribution in [-0.2, 0) is 18.3 Å². The third kappa shape index (κ3) is 5.84. The second kappa shape index (κ2) is 10.3. The predicted octanol–water partition coefficient (Wildman–Crippen LogP) is 4.02. The highest BCUT2D eigenvalue weighted by molar-refractivity contribution is 7.99. The molecule has 0 atom stereocenters. The number of aryl methyl sites for hydroxylation is 1. The minimum Gasteiger partial charge on any atom is -0.497 e. The van der Waals surface area contributed by atoms with E-state index in [0.29, 0.717) is 39.4 Å². The zero-order valence-corrected chi connectivity index (χ0v) is 18.2. The first-order valence-corrected chi connectivity index (χ1v) is 10.6. The van der Waals surface area contributed by atoms with Gasteiger partial charge in [-0.2, -0.15) is 0 Å². The highest BCUT2D eigenvalue weighted by Gasteiger charge is 2.14. The summed E-state index contributed by atoms with van der Waals surface area (Å²) in [5, 5.41) is 12.3. The lowest BCUT2D eigenvalue weighted by atomic mass is 10.1. The molecule has 30 heavy (non-hydrogen) atoms. The Morgan fingerprint density at radius 2 is 1.93 bits per heavy atom. The van der Waals surface area contributed by atoms with E-state index in [1.165, 1.54) is 11.8 Å². The lowest BCUT2D eigenvalue weighted by Crippen LogP contribution is -2.13. The Morgan fingerprint density at radius 1 is 1.17 bits per heavy atom. The number of carbonyl (C=O) groups is 2. The molecule has 156 valence electrons. The van der Waals surface area contributed by atoms with Crippen molar-refractivity contribution >= 4 is 40.7 Å². The molecule has 3 aromatic rings. The Kier molecular flexibility index (Phi) is 7.48. The van der Waals surface area contributed by atoms with Crippen LogP contribution in [-0.4, -0.2) is 39.3 Å². The molecule has 0 aliphatic heterocycles. The summed E-state index contributed by atoms with van der Waals surface area (Å²) in [4.78, 5) is 24.5. The van der Waals surface area contributed by atoms with Crippen molar-refractivity contribution < 1.29 is 14.3 Å². The number of aromatic nitrogens is 3. The average Bonchev–Trinajstić information content (AvgIpc) is 3.10. The molecular formula is C21H21ClN4O3S. The molecule has 1 heterocycles. The van der Waals surface area contributed by atoms with Crippen LogP contribution in [0.2, 0.25) is 5.02 Å². The molecule has 0 unspecified atom stereocenters. The zero-order chi connectivity index (χ0) is 21.5. The molecule has 0 aliphatic carbocycles. The van der Waals surface area contributed by atoms with Crippen LogP contribution in [0.15, 0.2) is 53.7 Å². The molecular weight excluding hydrogens is 424 g/mol. The first-order chi connectivity index (χ1) is 14.5. The summed E-state index contributed by atoms with van der Waals surface area (Å²) in [5.41, 5.74) is 1.27. The van der Waals surface area contributed by atoms with Gasteiger partial charge in [-0.1, -0.05) is 29.4 Å². The summed E-state index contributed by atoms with van der Waals surface area (Å²) in [7, 11) is 3.41.